The van der Waals surface area contributed by atoms with E-state index in [4.69, 9.17) is 25.8 Å². The maximum absolute atomic E-state index is 12.8. The van der Waals surface area contributed by atoms with Crippen LogP contribution < -0.4 is 19.9 Å². The first-order chi connectivity index (χ1) is 14.0. The van der Waals surface area contributed by atoms with E-state index in [-0.39, 0.29) is 19.0 Å². The van der Waals surface area contributed by atoms with Gasteiger partial charge in [-0.25, -0.2) is 9.80 Å². The van der Waals surface area contributed by atoms with E-state index in [9.17, 15) is 14.4 Å². The van der Waals surface area contributed by atoms with Crippen LogP contribution in [0.2, 0.25) is 5.02 Å². The van der Waals surface area contributed by atoms with Crippen molar-refractivity contribution in [3.63, 3.8) is 0 Å². The highest BCUT2D eigenvalue weighted by molar-refractivity contribution is 6.34. The normalized spacial score (nSPS) is 16.3. The number of nitrogens with zero attached hydrogens (tertiary/aromatic N) is 1. The summed E-state index contributed by atoms with van der Waals surface area (Å²) in [5, 5.41) is 1.42. The molecule has 0 aromatic heterocycles. The molecule has 8 nitrogen and oxygen atoms in total. The second kappa shape index (κ2) is 7.48. The lowest BCUT2D eigenvalue weighted by Crippen LogP contribution is -2.35. The van der Waals surface area contributed by atoms with E-state index in [0.717, 1.165) is 5.01 Å². The summed E-state index contributed by atoms with van der Waals surface area (Å²) >= 11 is 6.23. The Morgan fingerprint density at radius 2 is 1.90 bits per heavy atom. The second-order valence-electron chi connectivity index (χ2n) is 6.13. The standard InChI is InChI=1S/C20H15ClN2O6/c1-2-27-20(26)11-3-5-13(6-4-11)23-19(25)14(18(24)22-23)7-12-8-16-17(9-15(12)21)29-10-28-16/h3-9H,2,10H2,1H3,(H,22,24)/b14-7+. The Bertz CT molecular complexity index is 1050. The third-order valence-corrected chi connectivity index (χ3v) is 4.65. The Morgan fingerprint density at radius 3 is 2.59 bits per heavy atom. The molecule has 0 radical (unpaired) electrons. The van der Waals surface area contributed by atoms with Crippen molar-refractivity contribution in [3.05, 3.63) is 58.1 Å². The highest BCUT2D eigenvalue weighted by atomic mass is 35.5. The van der Waals surface area contributed by atoms with Gasteiger partial charge in [0.15, 0.2) is 11.5 Å². The first-order valence-electron chi connectivity index (χ1n) is 8.71. The van der Waals surface area contributed by atoms with Gasteiger partial charge in [0.05, 0.1) is 22.9 Å². The Kier molecular flexibility index (Phi) is 4.85. The van der Waals surface area contributed by atoms with Crippen molar-refractivity contribution < 1.29 is 28.6 Å². The van der Waals surface area contributed by atoms with Crippen molar-refractivity contribution in [2.45, 2.75) is 6.92 Å². The van der Waals surface area contributed by atoms with Gasteiger partial charge < -0.3 is 14.2 Å². The number of benzene rings is 2. The summed E-state index contributed by atoms with van der Waals surface area (Å²) in [5.41, 5.74) is 3.61. The van der Waals surface area contributed by atoms with E-state index in [1.54, 1.807) is 31.2 Å². The van der Waals surface area contributed by atoms with E-state index >= 15 is 0 Å². The predicted octanol–water partition coefficient (Wildman–Crippen LogP) is 2.71. The monoisotopic (exact) mass is 414 g/mol. The lowest BCUT2D eigenvalue weighted by molar-refractivity contribution is -0.117. The van der Waals surface area contributed by atoms with Crippen LogP contribution in [0, 0.1) is 0 Å². The molecule has 1 saturated heterocycles. The molecule has 0 bridgehead atoms. The van der Waals surface area contributed by atoms with Crippen molar-refractivity contribution in [1.29, 1.82) is 0 Å². The molecule has 2 aliphatic rings. The van der Waals surface area contributed by atoms with Crippen LogP contribution in [0.5, 0.6) is 11.5 Å². The van der Waals surface area contributed by atoms with Crippen LogP contribution in [0.3, 0.4) is 0 Å². The zero-order valence-electron chi connectivity index (χ0n) is 15.2. The number of anilines is 1. The molecule has 0 aliphatic carbocycles. The molecule has 0 spiro atoms. The lowest BCUT2D eigenvalue weighted by Gasteiger charge is -2.14. The van der Waals surface area contributed by atoms with Crippen LogP contribution in [0.4, 0.5) is 5.69 Å². The highest BCUT2D eigenvalue weighted by Crippen LogP contribution is 2.38. The topological polar surface area (TPSA) is 94.2 Å². The first kappa shape index (κ1) is 18.8. The number of fused-ring (bicyclic) bond motifs is 1. The van der Waals surface area contributed by atoms with Gasteiger partial charge >= 0.3 is 5.97 Å². The molecule has 29 heavy (non-hydrogen) atoms. The van der Waals surface area contributed by atoms with E-state index in [0.29, 0.717) is 33.3 Å². The van der Waals surface area contributed by atoms with Crippen LogP contribution >= 0.6 is 11.6 Å². The van der Waals surface area contributed by atoms with E-state index in [2.05, 4.69) is 5.43 Å². The average Bonchev–Trinajstić information content (AvgIpc) is 3.27. The minimum Gasteiger partial charge on any atom is -0.462 e. The molecule has 1 N–H and O–H groups in total. The largest absolute Gasteiger partial charge is 0.462 e. The number of ether oxygens (including phenoxy) is 3. The summed E-state index contributed by atoms with van der Waals surface area (Å²) in [6.07, 6.45) is 1.40. The van der Waals surface area contributed by atoms with Crippen molar-refractivity contribution >= 4 is 41.1 Å². The maximum Gasteiger partial charge on any atom is 0.338 e. The fourth-order valence-corrected chi connectivity index (χ4v) is 3.11. The van der Waals surface area contributed by atoms with Crippen molar-refractivity contribution in [2.24, 2.45) is 0 Å². The van der Waals surface area contributed by atoms with Gasteiger partial charge in [0.1, 0.15) is 5.57 Å². The number of carbonyl (C=O) groups excluding carboxylic acids is 3. The van der Waals surface area contributed by atoms with E-state index in [1.165, 1.54) is 18.2 Å². The number of esters is 1. The highest BCUT2D eigenvalue weighted by Gasteiger charge is 2.35. The van der Waals surface area contributed by atoms with Gasteiger partial charge in [-0.2, -0.15) is 0 Å². The van der Waals surface area contributed by atoms with Crippen LogP contribution in [0.1, 0.15) is 22.8 Å². The SMILES string of the molecule is CCOC(=O)c1ccc(N2NC(=O)/C(=C\c3cc4c(cc3Cl)OCO4)C2=O)cc1. The second-order valence-corrected chi connectivity index (χ2v) is 6.54. The number of hydrazine groups is 1. The summed E-state index contributed by atoms with van der Waals surface area (Å²) < 4.78 is 15.5. The third-order valence-electron chi connectivity index (χ3n) is 4.32. The van der Waals surface area contributed by atoms with Crippen molar-refractivity contribution in [1.82, 2.24) is 5.43 Å². The molecule has 4 rings (SSSR count). The number of halogens is 1. The van der Waals surface area contributed by atoms with Crippen LogP contribution in [-0.4, -0.2) is 31.2 Å². The summed E-state index contributed by atoms with van der Waals surface area (Å²) in [6.45, 7) is 2.06. The molecular formula is C20H15ClN2O6. The molecule has 9 heteroatoms. The fourth-order valence-electron chi connectivity index (χ4n) is 2.90. The van der Waals surface area contributed by atoms with Gasteiger partial charge in [-0.1, -0.05) is 11.6 Å². The van der Waals surface area contributed by atoms with Crippen molar-refractivity contribution in [2.75, 3.05) is 18.4 Å². The van der Waals surface area contributed by atoms with Gasteiger partial charge in [-0.05, 0) is 48.9 Å². The summed E-state index contributed by atoms with van der Waals surface area (Å²) in [7, 11) is 0. The molecular weight excluding hydrogens is 400 g/mol. The number of amides is 2. The Labute approximate surface area is 170 Å². The number of rotatable bonds is 4. The lowest BCUT2D eigenvalue weighted by atomic mass is 10.1. The van der Waals surface area contributed by atoms with E-state index < -0.39 is 17.8 Å². The van der Waals surface area contributed by atoms with Crippen LogP contribution in [-0.2, 0) is 14.3 Å². The Hall–Kier alpha value is -3.52. The third kappa shape index (κ3) is 3.50. The van der Waals surface area contributed by atoms with Gasteiger partial charge in [-0.15, -0.1) is 0 Å². The molecule has 2 aromatic rings. The smallest absolute Gasteiger partial charge is 0.338 e. The first-order valence-corrected chi connectivity index (χ1v) is 9.09. The number of hydrogen-bond acceptors (Lipinski definition) is 6. The molecule has 0 atom stereocenters. The van der Waals surface area contributed by atoms with Gasteiger partial charge in [-0.3, -0.25) is 15.0 Å². The molecule has 2 aliphatic heterocycles. The predicted molar refractivity (Wildman–Crippen MR) is 104 cm³/mol. The van der Waals surface area contributed by atoms with Crippen molar-refractivity contribution in [3.8, 4) is 11.5 Å². The van der Waals surface area contributed by atoms with Crippen LogP contribution in [0.15, 0.2) is 42.0 Å². The Balaban J connectivity index is 1.59. The minimum atomic E-state index is -0.571. The molecule has 0 unspecified atom stereocenters. The van der Waals surface area contributed by atoms with Crippen LogP contribution in [0.25, 0.3) is 6.08 Å². The summed E-state index contributed by atoms with van der Waals surface area (Å²) in [4.78, 5) is 36.9. The van der Waals surface area contributed by atoms with Gasteiger partial charge in [0, 0.05) is 6.07 Å². The quantitative estimate of drug-likeness (QED) is 0.469. The summed E-state index contributed by atoms with van der Waals surface area (Å²) in [5.74, 6) is -0.596. The Morgan fingerprint density at radius 1 is 1.21 bits per heavy atom. The molecule has 148 valence electrons. The van der Waals surface area contributed by atoms with Gasteiger partial charge in [0.25, 0.3) is 11.8 Å². The number of nitrogens with one attached hydrogen (secondary N) is 1. The maximum atomic E-state index is 12.8. The fraction of sp³-hybridized carbons (Fsp3) is 0.150. The molecule has 0 saturated carbocycles. The molecule has 2 amide bonds. The minimum absolute atomic E-state index is 0.0831. The zero-order valence-corrected chi connectivity index (χ0v) is 16.0. The zero-order chi connectivity index (χ0) is 20.5. The number of carbonyl (C=O) groups is 3. The molecule has 2 aromatic carbocycles. The summed E-state index contributed by atoms with van der Waals surface area (Å²) in [6, 6.07) is 9.29. The average molecular weight is 415 g/mol. The number of hydrogen-bond donors (Lipinski definition) is 1. The van der Waals surface area contributed by atoms with Gasteiger partial charge in [0.2, 0.25) is 6.79 Å². The van der Waals surface area contributed by atoms with E-state index in [1.807, 2.05) is 0 Å². The molecule has 1 fully saturated rings. The molecule has 2 heterocycles.